The van der Waals surface area contributed by atoms with E-state index in [1.165, 1.54) is 0 Å². The van der Waals surface area contributed by atoms with Crippen molar-refractivity contribution in [3.63, 3.8) is 0 Å². The Morgan fingerprint density at radius 1 is 1.32 bits per heavy atom. The Morgan fingerprint density at radius 3 is 3.04 bits per heavy atom. The van der Waals surface area contributed by atoms with Crippen LogP contribution in [0.2, 0.25) is 0 Å². The number of nitrogens with one attached hydrogen (secondary N) is 1. The van der Waals surface area contributed by atoms with E-state index in [1.54, 1.807) is 30.5 Å². The highest BCUT2D eigenvalue weighted by Crippen LogP contribution is 2.37. The van der Waals surface area contributed by atoms with Crippen molar-refractivity contribution >= 4 is 11.7 Å². The highest BCUT2D eigenvalue weighted by molar-refractivity contribution is 6.10. The molecule has 1 amide bonds. The van der Waals surface area contributed by atoms with Crippen LogP contribution in [-0.4, -0.2) is 38.1 Å². The molecule has 28 heavy (non-hydrogen) atoms. The topological polar surface area (TPSA) is 92.1 Å². The van der Waals surface area contributed by atoms with Crippen molar-refractivity contribution in [2.24, 2.45) is 0 Å². The van der Waals surface area contributed by atoms with Crippen LogP contribution in [0, 0.1) is 6.92 Å². The minimum atomic E-state index is -0.347. The average Bonchev–Trinajstić information content (AvgIpc) is 3.31. The summed E-state index contributed by atoms with van der Waals surface area (Å²) < 4.78 is 5.81. The third kappa shape index (κ3) is 2.50. The van der Waals surface area contributed by atoms with Crippen molar-refractivity contribution in [3.05, 3.63) is 70.5 Å². The number of aromatic amines is 1. The lowest BCUT2D eigenvalue weighted by atomic mass is 9.91. The number of fused-ring (bicyclic) bond motifs is 2. The zero-order chi connectivity index (χ0) is 19.3. The maximum absolute atomic E-state index is 13.7. The number of hydrogen-bond acceptors (Lipinski definition) is 5. The molecule has 1 unspecified atom stereocenters. The molecule has 1 N–H and O–H groups in total. The predicted octanol–water partition coefficient (Wildman–Crippen LogP) is 3.01. The largest absolute Gasteiger partial charge is 0.465 e. The van der Waals surface area contributed by atoms with Crippen LogP contribution in [0.3, 0.4) is 0 Å². The number of carbonyl (C=O) groups excluding carboxylic acids is 2. The van der Waals surface area contributed by atoms with Crippen LogP contribution in [0.25, 0.3) is 0 Å². The molecule has 7 nitrogen and oxygen atoms in total. The van der Waals surface area contributed by atoms with Crippen molar-refractivity contribution in [2.75, 3.05) is 6.54 Å². The van der Waals surface area contributed by atoms with Gasteiger partial charge in [0.15, 0.2) is 5.78 Å². The number of furan rings is 1. The van der Waals surface area contributed by atoms with Crippen LogP contribution in [0.5, 0.6) is 0 Å². The molecular weight excluding hydrogens is 356 g/mol. The smallest absolute Gasteiger partial charge is 0.259 e. The van der Waals surface area contributed by atoms with Crippen LogP contribution in [0.1, 0.15) is 68.1 Å². The maximum Gasteiger partial charge on any atom is 0.259 e. The van der Waals surface area contributed by atoms with E-state index in [2.05, 4.69) is 15.0 Å². The van der Waals surface area contributed by atoms with Crippen molar-refractivity contribution in [1.29, 1.82) is 0 Å². The first-order valence-corrected chi connectivity index (χ1v) is 9.53. The number of nitrogens with zero attached hydrogens (tertiary/aromatic N) is 3. The third-order valence-corrected chi connectivity index (χ3v) is 5.64. The van der Waals surface area contributed by atoms with Crippen molar-refractivity contribution < 1.29 is 14.0 Å². The summed E-state index contributed by atoms with van der Waals surface area (Å²) in [6.45, 7) is 2.29. The minimum Gasteiger partial charge on any atom is -0.465 e. The molecule has 7 heteroatoms. The molecule has 3 aromatic rings. The molecule has 0 bridgehead atoms. The Labute approximate surface area is 161 Å². The fourth-order valence-corrected chi connectivity index (χ4v) is 4.38. The molecule has 0 fully saturated rings. The fourth-order valence-electron chi connectivity index (χ4n) is 4.38. The van der Waals surface area contributed by atoms with E-state index in [0.717, 1.165) is 23.4 Å². The van der Waals surface area contributed by atoms with E-state index < -0.39 is 0 Å². The Kier molecular flexibility index (Phi) is 3.89. The number of H-pyrrole nitrogens is 1. The van der Waals surface area contributed by atoms with E-state index in [-0.39, 0.29) is 17.7 Å². The van der Waals surface area contributed by atoms with Crippen molar-refractivity contribution in [2.45, 2.75) is 38.6 Å². The van der Waals surface area contributed by atoms with Gasteiger partial charge < -0.3 is 14.3 Å². The number of Topliss-reactive ketones (excluding diaryl/α,β-unsaturated/α-hetero) is 1. The third-order valence-electron chi connectivity index (χ3n) is 5.64. The Bertz CT molecular complexity index is 1070. The van der Waals surface area contributed by atoms with Gasteiger partial charge in [-0.05, 0) is 25.0 Å². The molecule has 0 saturated heterocycles. The van der Waals surface area contributed by atoms with E-state index in [0.29, 0.717) is 48.5 Å². The lowest BCUT2D eigenvalue weighted by Gasteiger charge is -2.35. The van der Waals surface area contributed by atoms with Gasteiger partial charge in [0.25, 0.3) is 5.91 Å². The van der Waals surface area contributed by atoms with Gasteiger partial charge in [0.1, 0.15) is 17.6 Å². The average molecular weight is 376 g/mol. The summed E-state index contributed by atoms with van der Waals surface area (Å²) in [5.74, 6) is 0.979. The first-order chi connectivity index (χ1) is 13.6. The number of ketones is 1. The standard InChI is InChI=1S/C21H20N4O3/c1-12-17(18-15(26)5-2-6-16(18)28-12)21(27)25-9-7-14-19(24-11-23-14)20(25)13-4-3-8-22-10-13/h3-4,8,10-11,20H,2,5-7,9H2,1H3,(H,23,24). The van der Waals surface area contributed by atoms with E-state index in [1.807, 2.05) is 12.1 Å². The second-order valence-corrected chi connectivity index (χ2v) is 7.31. The van der Waals surface area contributed by atoms with Gasteiger partial charge in [0.2, 0.25) is 0 Å². The Morgan fingerprint density at radius 2 is 2.21 bits per heavy atom. The summed E-state index contributed by atoms with van der Waals surface area (Å²) in [6.07, 6.45) is 7.75. The molecule has 0 aromatic carbocycles. The molecule has 4 heterocycles. The fraction of sp³-hybridized carbons (Fsp3) is 0.333. The van der Waals surface area contributed by atoms with Crippen LogP contribution in [0.4, 0.5) is 0 Å². The Balaban J connectivity index is 1.62. The number of imidazole rings is 1. The Hall–Kier alpha value is -3.22. The molecule has 0 radical (unpaired) electrons. The quantitative estimate of drug-likeness (QED) is 0.742. The van der Waals surface area contributed by atoms with Crippen LogP contribution in [0.15, 0.2) is 35.3 Å². The number of aryl methyl sites for hydroxylation is 2. The second kappa shape index (κ2) is 6.44. The SMILES string of the molecule is Cc1oc2c(c1C(=O)N1CCc3[nH]cnc3C1c1cccnc1)C(=O)CCC2. The molecule has 0 spiro atoms. The lowest BCUT2D eigenvalue weighted by Crippen LogP contribution is -2.41. The zero-order valence-electron chi connectivity index (χ0n) is 15.6. The molecule has 2 aliphatic rings. The van der Waals surface area contributed by atoms with Crippen molar-refractivity contribution in [1.82, 2.24) is 19.9 Å². The number of carbonyl (C=O) groups is 2. The van der Waals surface area contributed by atoms with Gasteiger partial charge in [0, 0.05) is 43.9 Å². The van der Waals surface area contributed by atoms with E-state index >= 15 is 0 Å². The predicted molar refractivity (Wildman–Crippen MR) is 100 cm³/mol. The van der Waals surface area contributed by atoms with Gasteiger partial charge in [-0.2, -0.15) is 0 Å². The number of pyridine rings is 1. The molecule has 0 saturated carbocycles. The molecular formula is C21H20N4O3. The zero-order valence-corrected chi connectivity index (χ0v) is 15.6. The van der Waals surface area contributed by atoms with Crippen molar-refractivity contribution in [3.8, 4) is 0 Å². The van der Waals surface area contributed by atoms with E-state index in [4.69, 9.17) is 4.42 Å². The van der Waals surface area contributed by atoms with Crippen LogP contribution >= 0.6 is 0 Å². The first-order valence-electron chi connectivity index (χ1n) is 9.53. The van der Waals surface area contributed by atoms with Gasteiger partial charge in [-0.25, -0.2) is 4.98 Å². The second-order valence-electron chi connectivity index (χ2n) is 7.31. The molecule has 5 rings (SSSR count). The minimum absolute atomic E-state index is 0.00292. The van der Waals surface area contributed by atoms with Gasteiger partial charge in [0.05, 0.1) is 23.1 Å². The number of aromatic nitrogens is 3. The normalized spacial score (nSPS) is 18.7. The van der Waals surface area contributed by atoms with Gasteiger partial charge >= 0.3 is 0 Å². The highest BCUT2D eigenvalue weighted by atomic mass is 16.3. The molecule has 1 aliphatic heterocycles. The summed E-state index contributed by atoms with van der Waals surface area (Å²) in [7, 11) is 0. The molecule has 1 atom stereocenters. The first kappa shape index (κ1) is 16.9. The summed E-state index contributed by atoms with van der Waals surface area (Å²) in [5, 5.41) is 0. The number of hydrogen-bond donors (Lipinski definition) is 1. The number of amides is 1. The van der Waals surface area contributed by atoms with Crippen LogP contribution in [-0.2, 0) is 12.8 Å². The lowest BCUT2D eigenvalue weighted by molar-refractivity contribution is 0.0684. The van der Waals surface area contributed by atoms with Gasteiger partial charge in [-0.15, -0.1) is 0 Å². The van der Waals surface area contributed by atoms with Gasteiger partial charge in [-0.3, -0.25) is 14.6 Å². The summed E-state index contributed by atoms with van der Waals surface area (Å²) >= 11 is 0. The molecule has 142 valence electrons. The maximum atomic E-state index is 13.7. The summed E-state index contributed by atoms with van der Waals surface area (Å²) in [4.78, 5) is 39.9. The van der Waals surface area contributed by atoms with E-state index in [9.17, 15) is 9.59 Å². The van der Waals surface area contributed by atoms with Crippen LogP contribution < -0.4 is 0 Å². The monoisotopic (exact) mass is 376 g/mol. The van der Waals surface area contributed by atoms with Gasteiger partial charge in [-0.1, -0.05) is 6.07 Å². The molecule has 3 aromatic heterocycles. The molecule has 1 aliphatic carbocycles. The summed E-state index contributed by atoms with van der Waals surface area (Å²) in [6, 6.07) is 3.46. The summed E-state index contributed by atoms with van der Waals surface area (Å²) in [5.41, 5.74) is 3.64. The number of rotatable bonds is 2. The highest BCUT2D eigenvalue weighted by Gasteiger charge is 2.39.